The van der Waals surface area contributed by atoms with Gasteiger partial charge in [-0.15, -0.1) is 0 Å². The molecule has 0 aromatic carbocycles. The first kappa shape index (κ1) is 6.67. The van der Waals surface area contributed by atoms with Crippen molar-refractivity contribution in [3.05, 3.63) is 12.3 Å². The molecule has 4 nitrogen and oxygen atoms in total. The van der Waals surface area contributed by atoms with Crippen LogP contribution >= 0.6 is 0 Å². The summed E-state index contributed by atoms with van der Waals surface area (Å²) in [5.74, 6) is -1.69. The molecule has 1 aliphatic heterocycles. The average Bonchev–Trinajstić information content (AvgIpc) is 1.88. The molecule has 0 fully saturated rings. The van der Waals surface area contributed by atoms with Crippen molar-refractivity contribution in [2.75, 3.05) is 0 Å². The molecule has 0 radical (unpaired) electrons. The molecule has 0 spiro atoms. The van der Waals surface area contributed by atoms with Crippen LogP contribution in [0, 0.1) is 0 Å². The van der Waals surface area contributed by atoms with Crippen LogP contribution in [0.15, 0.2) is 17.3 Å². The number of carbonyl (C=O) groups is 2. The third-order valence-electron chi connectivity index (χ3n) is 1.08. The molecule has 1 rings (SSSR count). The summed E-state index contributed by atoms with van der Waals surface area (Å²) < 4.78 is 0. The third-order valence-corrected chi connectivity index (χ3v) is 1.08. The van der Waals surface area contributed by atoms with Gasteiger partial charge in [0, 0.05) is 12.6 Å². The molecule has 0 amide bonds. The van der Waals surface area contributed by atoms with E-state index in [1.54, 1.807) is 0 Å². The van der Waals surface area contributed by atoms with Crippen molar-refractivity contribution in [3.8, 4) is 0 Å². The van der Waals surface area contributed by atoms with Gasteiger partial charge in [-0.1, -0.05) is 6.08 Å². The monoisotopic (exact) mass is 139 g/mol. The maximum atomic E-state index is 10.7. The number of Topliss-reactive ketones (excluding diaryl/α,β-unsaturated/α-hetero) is 1. The lowest BCUT2D eigenvalue weighted by Crippen LogP contribution is -2.24. The summed E-state index contributed by atoms with van der Waals surface area (Å²) in [6.07, 6.45) is 2.99. The molecule has 1 aliphatic rings. The van der Waals surface area contributed by atoms with Gasteiger partial charge in [0.2, 0.25) is 0 Å². The maximum Gasteiger partial charge on any atom is 0.358 e. The van der Waals surface area contributed by atoms with Gasteiger partial charge in [0.1, 0.15) is 0 Å². The Balaban J connectivity index is 2.91. The van der Waals surface area contributed by atoms with Crippen molar-refractivity contribution >= 4 is 17.5 Å². The van der Waals surface area contributed by atoms with E-state index in [1.807, 2.05) is 0 Å². The van der Waals surface area contributed by atoms with E-state index in [2.05, 4.69) is 4.99 Å². The number of carboxylic acids is 1. The Morgan fingerprint density at radius 3 is 2.80 bits per heavy atom. The smallest absolute Gasteiger partial charge is 0.358 e. The first-order chi connectivity index (χ1) is 4.72. The summed E-state index contributed by atoms with van der Waals surface area (Å²) in [6.45, 7) is 0. The lowest BCUT2D eigenvalue weighted by atomic mass is 10.1. The second kappa shape index (κ2) is 2.43. The number of hydrogen-bond donors (Lipinski definition) is 1. The summed E-state index contributed by atoms with van der Waals surface area (Å²) in [6, 6.07) is 0. The van der Waals surface area contributed by atoms with Gasteiger partial charge in [-0.2, -0.15) is 0 Å². The summed E-state index contributed by atoms with van der Waals surface area (Å²) >= 11 is 0. The molecule has 0 bridgehead atoms. The number of aliphatic imine (C=N–C) groups is 1. The average molecular weight is 139 g/mol. The van der Waals surface area contributed by atoms with Crippen LogP contribution < -0.4 is 0 Å². The van der Waals surface area contributed by atoms with E-state index in [0.717, 1.165) is 0 Å². The van der Waals surface area contributed by atoms with Crippen molar-refractivity contribution in [2.45, 2.75) is 6.42 Å². The minimum absolute atomic E-state index is 0.144. The van der Waals surface area contributed by atoms with Crippen molar-refractivity contribution in [2.24, 2.45) is 4.99 Å². The molecule has 1 heterocycles. The van der Waals surface area contributed by atoms with Crippen molar-refractivity contribution in [3.63, 3.8) is 0 Å². The fraction of sp³-hybridized carbons (Fsp3) is 0.167. The number of nitrogens with zero attached hydrogens (tertiary/aromatic N) is 1. The fourth-order valence-corrected chi connectivity index (χ4v) is 0.630. The van der Waals surface area contributed by atoms with Gasteiger partial charge in [-0.25, -0.2) is 9.79 Å². The molecule has 0 aliphatic carbocycles. The molecule has 0 aromatic heterocycles. The summed E-state index contributed by atoms with van der Waals surface area (Å²) in [5.41, 5.74) is -0.373. The van der Waals surface area contributed by atoms with Gasteiger partial charge >= 0.3 is 5.97 Å². The van der Waals surface area contributed by atoms with Crippen molar-refractivity contribution in [1.82, 2.24) is 0 Å². The minimum atomic E-state index is -1.26. The van der Waals surface area contributed by atoms with Crippen LogP contribution in [0.3, 0.4) is 0 Å². The standard InChI is InChI=1S/C6H5NO3/c8-4-2-1-3-7-5(4)6(9)10/h1,3H,2H2,(H,9,10). The van der Waals surface area contributed by atoms with Crippen LogP contribution in [-0.4, -0.2) is 22.6 Å². The van der Waals surface area contributed by atoms with E-state index in [1.165, 1.54) is 12.3 Å². The molecular formula is C6H5NO3. The van der Waals surface area contributed by atoms with Crippen LogP contribution in [0.1, 0.15) is 6.42 Å². The van der Waals surface area contributed by atoms with Crippen LogP contribution in [0.25, 0.3) is 0 Å². The number of rotatable bonds is 1. The van der Waals surface area contributed by atoms with Gasteiger partial charge < -0.3 is 5.11 Å². The number of allylic oxidation sites excluding steroid dienone is 1. The van der Waals surface area contributed by atoms with Gasteiger partial charge in [-0.05, 0) is 0 Å². The Bertz CT molecular complexity index is 239. The van der Waals surface area contributed by atoms with Crippen LogP contribution in [0.2, 0.25) is 0 Å². The predicted octanol–water partition coefficient (Wildman–Crippen LogP) is -0.00150. The van der Waals surface area contributed by atoms with E-state index >= 15 is 0 Å². The zero-order valence-corrected chi connectivity index (χ0v) is 5.07. The van der Waals surface area contributed by atoms with Crippen LogP contribution in [0.4, 0.5) is 0 Å². The van der Waals surface area contributed by atoms with E-state index in [0.29, 0.717) is 0 Å². The Kier molecular flexibility index (Phi) is 1.62. The zero-order chi connectivity index (χ0) is 7.56. The van der Waals surface area contributed by atoms with Gasteiger partial charge in [0.05, 0.1) is 0 Å². The Morgan fingerprint density at radius 1 is 1.70 bits per heavy atom. The maximum absolute atomic E-state index is 10.7. The Hall–Kier alpha value is -1.45. The zero-order valence-electron chi connectivity index (χ0n) is 5.07. The lowest BCUT2D eigenvalue weighted by Gasteiger charge is -1.99. The molecule has 0 saturated heterocycles. The molecule has 0 atom stereocenters. The highest BCUT2D eigenvalue weighted by Gasteiger charge is 2.18. The number of carbonyl (C=O) groups excluding carboxylic acids is 1. The summed E-state index contributed by atoms with van der Waals surface area (Å²) in [7, 11) is 0. The van der Waals surface area contributed by atoms with Crippen LogP contribution in [-0.2, 0) is 9.59 Å². The second-order valence-corrected chi connectivity index (χ2v) is 1.79. The molecule has 4 heteroatoms. The quantitative estimate of drug-likeness (QED) is 0.556. The van der Waals surface area contributed by atoms with Crippen molar-refractivity contribution < 1.29 is 14.7 Å². The lowest BCUT2D eigenvalue weighted by molar-refractivity contribution is -0.130. The van der Waals surface area contributed by atoms with E-state index in [-0.39, 0.29) is 12.1 Å². The number of carboxylic acid groups (broad SMARTS) is 1. The molecule has 10 heavy (non-hydrogen) atoms. The largest absolute Gasteiger partial charge is 0.476 e. The molecule has 52 valence electrons. The Labute approximate surface area is 56.9 Å². The highest BCUT2D eigenvalue weighted by molar-refractivity contribution is 6.64. The second-order valence-electron chi connectivity index (χ2n) is 1.79. The molecular weight excluding hydrogens is 134 g/mol. The fourth-order valence-electron chi connectivity index (χ4n) is 0.630. The number of ketones is 1. The molecule has 0 aromatic rings. The first-order valence-corrected chi connectivity index (χ1v) is 2.71. The molecule has 0 saturated carbocycles. The highest BCUT2D eigenvalue weighted by atomic mass is 16.4. The van der Waals surface area contributed by atoms with Gasteiger partial charge in [-0.3, -0.25) is 4.79 Å². The molecule has 0 unspecified atom stereocenters. The highest BCUT2D eigenvalue weighted by Crippen LogP contribution is 1.98. The third kappa shape index (κ3) is 1.10. The number of aliphatic carboxylic acids is 1. The SMILES string of the molecule is O=C(O)C1=NC=CCC1=O. The summed E-state index contributed by atoms with van der Waals surface area (Å²) in [5, 5.41) is 8.32. The Morgan fingerprint density at radius 2 is 2.40 bits per heavy atom. The molecule has 1 N–H and O–H groups in total. The minimum Gasteiger partial charge on any atom is -0.476 e. The van der Waals surface area contributed by atoms with E-state index < -0.39 is 11.8 Å². The van der Waals surface area contributed by atoms with Crippen LogP contribution in [0.5, 0.6) is 0 Å². The van der Waals surface area contributed by atoms with E-state index in [4.69, 9.17) is 5.11 Å². The predicted molar refractivity (Wildman–Crippen MR) is 33.8 cm³/mol. The normalized spacial score (nSPS) is 16.8. The van der Waals surface area contributed by atoms with Crippen molar-refractivity contribution in [1.29, 1.82) is 0 Å². The van der Waals surface area contributed by atoms with Gasteiger partial charge in [0.25, 0.3) is 0 Å². The van der Waals surface area contributed by atoms with Gasteiger partial charge in [0.15, 0.2) is 11.5 Å². The first-order valence-electron chi connectivity index (χ1n) is 2.71. The van der Waals surface area contributed by atoms with E-state index in [9.17, 15) is 9.59 Å². The summed E-state index contributed by atoms with van der Waals surface area (Å²) in [4.78, 5) is 24.2. The topological polar surface area (TPSA) is 66.7 Å². The number of hydrogen-bond acceptors (Lipinski definition) is 3.